The first kappa shape index (κ1) is 10.3. The lowest BCUT2D eigenvalue weighted by atomic mass is 10.3. The monoisotopic (exact) mass is 244 g/mol. The molecule has 0 radical (unpaired) electrons. The zero-order valence-corrected chi connectivity index (χ0v) is 10.0. The molecule has 0 amide bonds. The van der Waals surface area contributed by atoms with Gasteiger partial charge in [0, 0.05) is 37.3 Å². The Kier molecular flexibility index (Phi) is 2.75. The van der Waals surface area contributed by atoms with Crippen molar-refractivity contribution in [3.8, 4) is 10.7 Å². The van der Waals surface area contributed by atoms with Crippen LogP contribution in [-0.2, 0) is 13.0 Å². The maximum atomic E-state index is 4.41. The molecule has 3 aromatic heterocycles. The van der Waals surface area contributed by atoms with Gasteiger partial charge in [-0.15, -0.1) is 11.3 Å². The molecule has 5 heteroatoms. The van der Waals surface area contributed by atoms with Crippen molar-refractivity contribution in [2.75, 3.05) is 0 Å². The van der Waals surface area contributed by atoms with Crippen molar-refractivity contribution in [1.82, 2.24) is 19.7 Å². The molecule has 0 spiro atoms. The van der Waals surface area contributed by atoms with E-state index in [0.29, 0.717) is 0 Å². The molecule has 3 aromatic rings. The fraction of sp³-hybridized carbons (Fsp3) is 0.167. The van der Waals surface area contributed by atoms with E-state index in [1.807, 2.05) is 24.5 Å². The van der Waals surface area contributed by atoms with E-state index in [1.165, 1.54) is 4.88 Å². The molecule has 0 aliphatic carbocycles. The van der Waals surface area contributed by atoms with Crippen molar-refractivity contribution in [2.45, 2.75) is 13.0 Å². The van der Waals surface area contributed by atoms with Gasteiger partial charge in [-0.1, -0.05) is 6.07 Å². The Morgan fingerprint density at radius 1 is 1.29 bits per heavy atom. The third-order valence-corrected chi connectivity index (χ3v) is 3.50. The number of aryl methyl sites for hydroxylation is 2. The van der Waals surface area contributed by atoms with Gasteiger partial charge in [-0.05, 0) is 17.5 Å². The summed E-state index contributed by atoms with van der Waals surface area (Å²) < 4.78 is 2.17. The Hall–Kier alpha value is -1.88. The summed E-state index contributed by atoms with van der Waals surface area (Å²) in [5.74, 6) is 1.04. The molecule has 86 valence electrons. The second-order valence-corrected chi connectivity index (χ2v) is 4.70. The minimum atomic E-state index is 0.912. The van der Waals surface area contributed by atoms with Gasteiger partial charge in [0.05, 0.1) is 4.88 Å². The predicted molar refractivity (Wildman–Crippen MR) is 67.8 cm³/mol. The summed E-state index contributed by atoms with van der Waals surface area (Å²) in [5.41, 5.74) is 1.15. The van der Waals surface area contributed by atoms with Gasteiger partial charge in [-0.3, -0.25) is 5.10 Å². The van der Waals surface area contributed by atoms with E-state index in [9.17, 15) is 0 Å². The fourth-order valence-corrected chi connectivity index (χ4v) is 2.52. The van der Waals surface area contributed by atoms with Gasteiger partial charge >= 0.3 is 0 Å². The van der Waals surface area contributed by atoms with Gasteiger partial charge in [0.1, 0.15) is 5.82 Å². The summed E-state index contributed by atoms with van der Waals surface area (Å²) in [6.07, 6.45) is 6.59. The van der Waals surface area contributed by atoms with E-state index in [1.54, 1.807) is 17.5 Å². The summed E-state index contributed by atoms with van der Waals surface area (Å²) >= 11 is 1.71. The lowest BCUT2D eigenvalue weighted by molar-refractivity contribution is 0.691. The number of thiophene rings is 1. The van der Waals surface area contributed by atoms with Gasteiger partial charge in [-0.25, -0.2) is 4.98 Å². The van der Waals surface area contributed by atoms with Crippen LogP contribution < -0.4 is 0 Å². The zero-order valence-electron chi connectivity index (χ0n) is 9.21. The minimum Gasteiger partial charge on any atom is -0.330 e. The number of imidazole rings is 1. The molecule has 1 N–H and O–H groups in total. The molecule has 3 heterocycles. The number of aromatic nitrogens is 4. The third-order valence-electron chi connectivity index (χ3n) is 2.64. The zero-order chi connectivity index (χ0) is 11.5. The quantitative estimate of drug-likeness (QED) is 0.766. The molecule has 0 fully saturated rings. The first-order chi connectivity index (χ1) is 8.43. The fourth-order valence-electron chi connectivity index (χ4n) is 1.79. The number of nitrogens with zero attached hydrogens (tertiary/aromatic N) is 3. The van der Waals surface area contributed by atoms with Crippen LogP contribution in [0.15, 0.2) is 42.2 Å². The van der Waals surface area contributed by atoms with E-state index < -0.39 is 0 Å². The van der Waals surface area contributed by atoms with Crippen molar-refractivity contribution in [2.24, 2.45) is 0 Å². The molecule has 0 aromatic carbocycles. The van der Waals surface area contributed by atoms with Gasteiger partial charge in [0.2, 0.25) is 0 Å². The van der Waals surface area contributed by atoms with Gasteiger partial charge in [0.15, 0.2) is 0 Å². The molecule has 4 nitrogen and oxygen atoms in total. The third kappa shape index (κ3) is 2.14. The molecule has 17 heavy (non-hydrogen) atoms. The van der Waals surface area contributed by atoms with Crippen LogP contribution >= 0.6 is 11.3 Å². The summed E-state index contributed by atoms with van der Waals surface area (Å²) in [4.78, 5) is 5.61. The van der Waals surface area contributed by atoms with Gasteiger partial charge < -0.3 is 4.57 Å². The molecule has 0 saturated heterocycles. The molecule has 0 aliphatic heterocycles. The van der Waals surface area contributed by atoms with Gasteiger partial charge in [0.25, 0.3) is 0 Å². The average Bonchev–Trinajstić information content (AvgIpc) is 3.09. The van der Waals surface area contributed by atoms with Crippen molar-refractivity contribution in [3.63, 3.8) is 0 Å². The van der Waals surface area contributed by atoms with Crippen molar-refractivity contribution < 1.29 is 0 Å². The SMILES string of the molecule is c1csc(-c2nccn2CCc2ccn[nH]2)c1. The highest BCUT2D eigenvalue weighted by Crippen LogP contribution is 2.22. The minimum absolute atomic E-state index is 0.912. The highest BCUT2D eigenvalue weighted by molar-refractivity contribution is 7.13. The molecular formula is C12H12N4S. The maximum absolute atomic E-state index is 4.41. The van der Waals surface area contributed by atoms with Crippen LogP contribution in [0.4, 0.5) is 0 Å². The standard InChI is InChI=1S/C12H12N4S/c1-2-11(17-9-1)12-13-6-8-16(12)7-4-10-3-5-14-15-10/h1-3,5-6,8-9H,4,7H2,(H,14,15). The topological polar surface area (TPSA) is 46.5 Å². The summed E-state index contributed by atoms with van der Waals surface area (Å²) in [6.45, 7) is 0.912. The lowest BCUT2D eigenvalue weighted by Crippen LogP contribution is -2.02. The Morgan fingerprint density at radius 3 is 3.06 bits per heavy atom. The number of aromatic amines is 1. The van der Waals surface area contributed by atoms with Crippen molar-refractivity contribution in [1.29, 1.82) is 0 Å². The normalized spacial score (nSPS) is 10.8. The van der Waals surface area contributed by atoms with Crippen molar-refractivity contribution in [3.05, 3.63) is 47.9 Å². The molecule has 0 bridgehead atoms. The summed E-state index contributed by atoms with van der Waals surface area (Å²) in [5, 5.41) is 8.99. The summed E-state index contributed by atoms with van der Waals surface area (Å²) in [6, 6.07) is 6.15. The molecule has 0 aliphatic rings. The van der Waals surface area contributed by atoms with E-state index in [4.69, 9.17) is 0 Å². The smallest absolute Gasteiger partial charge is 0.149 e. The number of rotatable bonds is 4. The number of hydrogen-bond donors (Lipinski definition) is 1. The number of nitrogens with one attached hydrogen (secondary N) is 1. The van der Waals surface area contributed by atoms with Crippen LogP contribution in [0, 0.1) is 0 Å². The average molecular weight is 244 g/mol. The second-order valence-electron chi connectivity index (χ2n) is 3.75. The van der Waals surface area contributed by atoms with Gasteiger partial charge in [-0.2, -0.15) is 5.10 Å². The van der Waals surface area contributed by atoms with Crippen LogP contribution in [0.25, 0.3) is 10.7 Å². The Morgan fingerprint density at radius 2 is 2.29 bits per heavy atom. The first-order valence-corrected chi connectivity index (χ1v) is 6.35. The number of hydrogen-bond acceptors (Lipinski definition) is 3. The number of H-pyrrole nitrogens is 1. The van der Waals surface area contributed by atoms with E-state index in [2.05, 4.69) is 31.2 Å². The molecular weight excluding hydrogens is 232 g/mol. The first-order valence-electron chi connectivity index (χ1n) is 5.47. The largest absolute Gasteiger partial charge is 0.330 e. The summed E-state index contributed by atoms with van der Waals surface area (Å²) in [7, 11) is 0. The van der Waals surface area contributed by atoms with E-state index in [-0.39, 0.29) is 0 Å². The molecule has 0 unspecified atom stereocenters. The maximum Gasteiger partial charge on any atom is 0.149 e. The molecule has 0 atom stereocenters. The Bertz CT molecular complexity index is 565. The highest BCUT2D eigenvalue weighted by Gasteiger charge is 2.06. The van der Waals surface area contributed by atoms with Crippen LogP contribution in [0.2, 0.25) is 0 Å². The predicted octanol–water partition coefficient (Wildman–Crippen LogP) is 2.58. The van der Waals surface area contributed by atoms with Crippen LogP contribution in [0.3, 0.4) is 0 Å². The molecule has 0 saturated carbocycles. The molecule has 3 rings (SSSR count). The Labute approximate surface area is 103 Å². The second kappa shape index (κ2) is 4.55. The highest BCUT2D eigenvalue weighted by atomic mass is 32.1. The lowest BCUT2D eigenvalue weighted by Gasteiger charge is -2.05. The van der Waals surface area contributed by atoms with E-state index >= 15 is 0 Å². The van der Waals surface area contributed by atoms with Crippen LogP contribution in [0.5, 0.6) is 0 Å². The van der Waals surface area contributed by atoms with Crippen molar-refractivity contribution >= 4 is 11.3 Å². The van der Waals surface area contributed by atoms with Crippen LogP contribution in [0.1, 0.15) is 5.69 Å². The van der Waals surface area contributed by atoms with Crippen LogP contribution in [-0.4, -0.2) is 19.7 Å². The van der Waals surface area contributed by atoms with E-state index in [0.717, 1.165) is 24.5 Å². The Balaban J connectivity index is 1.78.